The van der Waals surface area contributed by atoms with Gasteiger partial charge >= 0.3 is 6.03 Å². The first kappa shape index (κ1) is 18.3. The lowest BCUT2D eigenvalue weighted by atomic mass is 9.98. The summed E-state index contributed by atoms with van der Waals surface area (Å²) in [6.45, 7) is 2.10. The zero-order chi connectivity index (χ0) is 18.9. The Balaban J connectivity index is 2.08. The number of rotatable bonds is 4. The van der Waals surface area contributed by atoms with Crippen molar-refractivity contribution in [1.82, 2.24) is 9.97 Å². The number of sulfone groups is 1. The Kier molecular flexibility index (Phi) is 4.92. The van der Waals surface area contributed by atoms with Gasteiger partial charge in [-0.3, -0.25) is 9.88 Å². The molecule has 3 rings (SSSR count). The smallest absolute Gasteiger partial charge is 0.320 e. The molecule has 0 bridgehead atoms. The summed E-state index contributed by atoms with van der Waals surface area (Å²) < 4.78 is 24.4. The molecule has 4 N–H and O–H groups in total. The van der Waals surface area contributed by atoms with E-state index in [1.165, 1.54) is 11.1 Å². The van der Waals surface area contributed by atoms with Crippen LogP contribution in [-0.4, -0.2) is 36.7 Å². The number of nitrogens with zero attached hydrogens (tertiary/aromatic N) is 3. The topological polar surface area (TPSA) is 132 Å². The highest BCUT2D eigenvalue weighted by Crippen LogP contribution is 2.33. The number of carbonyl (C=O) groups is 1. The maximum absolute atomic E-state index is 12.2. The predicted octanol–water partition coefficient (Wildman–Crippen LogP) is 1.37. The van der Waals surface area contributed by atoms with Crippen molar-refractivity contribution in [1.29, 1.82) is 0 Å². The molecule has 2 aromatic rings. The van der Waals surface area contributed by atoms with Gasteiger partial charge in [-0.2, -0.15) is 0 Å². The second-order valence-corrected chi connectivity index (χ2v) is 8.55. The zero-order valence-corrected chi connectivity index (χ0v) is 15.2. The number of carbonyl (C=O) groups excluding carboxylic acids is 1. The lowest BCUT2D eigenvalue weighted by Gasteiger charge is -2.27. The number of fused-ring (bicyclic) bond motifs is 1. The highest BCUT2D eigenvalue weighted by Gasteiger charge is 2.26. The van der Waals surface area contributed by atoms with Crippen LogP contribution in [0.15, 0.2) is 30.7 Å². The molecule has 1 atom stereocenters. The van der Waals surface area contributed by atoms with Crippen LogP contribution in [0.3, 0.4) is 0 Å². The Hall–Kier alpha value is -2.52. The van der Waals surface area contributed by atoms with Crippen LogP contribution in [0.5, 0.6) is 0 Å². The van der Waals surface area contributed by atoms with Crippen LogP contribution >= 0.6 is 0 Å². The number of hydrogen-bond donors (Lipinski definition) is 2. The van der Waals surface area contributed by atoms with Crippen LogP contribution in [0.25, 0.3) is 11.1 Å². The van der Waals surface area contributed by atoms with E-state index in [1.807, 2.05) is 6.07 Å². The van der Waals surface area contributed by atoms with Gasteiger partial charge in [0.05, 0.1) is 0 Å². The van der Waals surface area contributed by atoms with E-state index in [9.17, 15) is 13.2 Å². The van der Waals surface area contributed by atoms with E-state index in [0.717, 1.165) is 18.4 Å². The Morgan fingerprint density at radius 2 is 2.15 bits per heavy atom. The largest absolute Gasteiger partial charge is 0.351 e. The molecule has 0 radical (unpaired) electrons. The first-order valence-electron chi connectivity index (χ1n) is 8.32. The quantitative estimate of drug-likeness (QED) is 0.829. The minimum absolute atomic E-state index is 0.0497. The summed E-state index contributed by atoms with van der Waals surface area (Å²) in [6, 6.07) is 2.97. The van der Waals surface area contributed by atoms with Gasteiger partial charge in [0, 0.05) is 42.0 Å². The van der Waals surface area contributed by atoms with E-state index in [2.05, 4.69) is 9.97 Å². The number of pyridine rings is 2. The maximum atomic E-state index is 12.2. The Bertz CT molecular complexity index is 945. The molecule has 26 heavy (non-hydrogen) atoms. The molecule has 2 aromatic heterocycles. The number of primary amides is 1. The molecule has 0 saturated carbocycles. The van der Waals surface area contributed by atoms with Crippen molar-refractivity contribution in [3.05, 3.63) is 41.9 Å². The Labute approximate surface area is 152 Å². The number of amides is 2. The summed E-state index contributed by atoms with van der Waals surface area (Å²) in [6.07, 6.45) is 6.23. The van der Waals surface area contributed by atoms with E-state index in [1.54, 1.807) is 25.4 Å². The van der Waals surface area contributed by atoms with Gasteiger partial charge in [0.25, 0.3) is 0 Å². The molecule has 1 aliphatic rings. The van der Waals surface area contributed by atoms with Crippen molar-refractivity contribution in [3.63, 3.8) is 0 Å². The van der Waals surface area contributed by atoms with Crippen molar-refractivity contribution in [2.24, 2.45) is 11.5 Å². The SMILES string of the molecule is CCS(=O)(=O)C(N)c1ccncc1-c1cnc2c(c1)CCCN2C(N)=O. The van der Waals surface area contributed by atoms with E-state index >= 15 is 0 Å². The third kappa shape index (κ3) is 3.27. The highest BCUT2D eigenvalue weighted by molar-refractivity contribution is 7.91. The third-order valence-corrected chi connectivity index (χ3v) is 6.39. The molecule has 0 aromatic carbocycles. The molecular formula is C17H21N5O3S. The first-order chi connectivity index (χ1) is 12.3. The summed E-state index contributed by atoms with van der Waals surface area (Å²) in [7, 11) is -3.46. The van der Waals surface area contributed by atoms with Crippen molar-refractivity contribution in [3.8, 4) is 11.1 Å². The van der Waals surface area contributed by atoms with Crippen LogP contribution in [0.2, 0.25) is 0 Å². The minimum atomic E-state index is -3.46. The second-order valence-electron chi connectivity index (χ2n) is 6.14. The maximum Gasteiger partial charge on any atom is 0.320 e. The van der Waals surface area contributed by atoms with Crippen LogP contribution in [0, 0.1) is 0 Å². The third-order valence-electron chi connectivity index (χ3n) is 4.55. The normalized spacial score (nSPS) is 15.4. The van der Waals surface area contributed by atoms with Crippen molar-refractivity contribution in [2.75, 3.05) is 17.2 Å². The lowest BCUT2D eigenvalue weighted by molar-refractivity contribution is 0.253. The van der Waals surface area contributed by atoms with Gasteiger partial charge in [-0.25, -0.2) is 18.2 Å². The Morgan fingerprint density at radius 1 is 1.38 bits per heavy atom. The summed E-state index contributed by atoms with van der Waals surface area (Å²) in [5.74, 6) is 0.495. The predicted molar refractivity (Wildman–Crippen MR) is 99.1 cm³/mol. The molecule has 0 saturated heterocycles. The van der Waals surface area contributed by atoms with E-state index in [-0.39, 0.29) is 5.75 Å². The number of hydrogen-bond acceptors (Lipinski definition) is 6. The summed E-state index contributed by atoms with van der Waals surface area (Å²) in [5, 5.41) is -1.14. The molecule has 1 aliphatic heterocycles. The monoisotopic (exact) mass is 375 g/mol. The fraction of sp³-hybridized carbons (Fsp3) is 0.353. The number of aromatic nitrogens is 2. The lowest BCUT2D eigenvalue weighted by Crippen LogP contribution is -2.40. The van der Waals surface area contributed by atoms with Gasteiger partial charge in [-0.15, -0.1) is 0 Å². The van der Waals surface area contributed by atoms with E-state index < -0.39 is 21.2 Å². The van der Waals surface area contributed by atoms with Crippen LogP contribution in [0.4, 0.5) is 10.6 Å². The summed E-state index contributed by atoms with van der Waals surface area (Å²) in [5.41, 5.74) is 14.1. The van der Waals surface area contributed by atoms with Gasteiger partial charge in [-0.05, 0) is 36.1 Å². The molecule has 9 heteroatoms. The van der Waals surface area contributed by atoms with E-state index in [4.69, 9.17) is 11.5 Å². The number of anilines is 1. The average molecular weight is 375 g/mol. The van der Waals surface area contributed by atoms with Crippen LogP contribution < -0.4 is 16.4 Å². The standard InChI is InChI=1S/C17H21N5O3S/c1-2-26(24,25)15(18)13-5-6-20-10-14(13)12-8-11-4-3-7-22(17(19)23)16(11)21-9-12/h5-6,8-10,15H,2-4,7,18H2,1H3,(H2,19,23). The van der Waals surface area contributed by atoms with Gasteiger partial charge < -0.3 is 11.5 Å². The van der Waals surface area contributed by atoms with Crippen LogP contribution in [0.1, 0.15) is 29.8 Å². The molecule has 0 aliphatic carbocycles. The van der Waals surface area contributed by atoms with Crippen LogP contribution in [-0.2, 0) is 16.3 Å². The summed E-state index contributed by atoms with van der Waals surface area (Å²) >= 11 is 0. The average Bonchev–Trinajstić information content (AvgIpc) is 2.66. The summed E-state index contributed by atoms with van der Waals surface area (Å²) in [4.78, 5) is 21.5. The van der Waals surface area contributed by atoms with Crippen molar-refractivity contribution < 1.29 is 13.2 Å². The second kappa shape index (κ2) is 7.00. The first-order valence-corrected chi connectivity index (χ1v) is 10.0. The molecule has 0 spiro atoms. The highest BCUT2D eigenvalue weighted by atomic mass is 32.2. The fourth-order valence-electron chi connectivity index (χ4n) is 3.09. The molecule has 3 heterocycles. The molecule has 0 fully saturated rings. The Morgan fingerprint density at radius 3 is 2.85 bits per heavy atom. The van der Waals surface area contributed by atoms with Crippen molar-refractivity contribution in [2.45, 2.75) is 25.1 Å². The van der Waals surface area contributed by atoms with Gasteiger partial charge in [0.1, 0.15) is 11.2 Å². The van der Waals surface area contributed by atoms with E-state index in [0.29, 0.717) is 29.1 Å². The fourth-order valence-corrected chi connectivity index (χ4v) is 4.04. The molecule has 138 valence electrons. The molecule has 8 nitrogen and oxygen atoms in total. The van der Waals surface area contributed by atoms with Crippen molar-refractivity contribution >= 4 is 21.7 Å². The minimum Gasteiger partial charge on any atom is -0.351 e. The van der Waals surface area contributed by atoms with Gasteiger partial charge in [0.15, 0.2) is 9.84 Å². The van der Waals surface area contributed by atoms with Gasteiger partial charge in [-0.1, -0.05) is 6.92 Å². The number of nitrogens with two attached hydrogens (primary N) is 2. The molecular weight excluding hydrogens is 354 g/mol. The zero-order valence-electron chi connectivity index (χ0n) is 14.4. The number of aryl methyl sites for hydroxylation is 1. The number of urea groups is 1. The molecule has 2 amide bonds. The van der Waals surface area contributed by atoms with Gasteiger partial charge in [0.2, 0.25) is 0 Å². The molecule has 1 unspecified atom stereocenters.